The molecule has 1 atom stereocenters. The zero-order valence-corrected chi connectivity index (χ0v) is 12.7. The zero-order chi connectivity index (χ0) is 15.0. The molecule has 0 aliphatic rings. The highest BCUT2D eigenvalue weighted by atomic mass is 32.2. The number of thioether (sulfide) groups is 1. The van der Waals surface area contributed by atoms with Crippen LogP contribution in [0.5, 0.6) is 0 Å². The second-order valence-electron chi connectivity index (χ2n) is 4.88. The molecule has 2 N–H and O–H groups in total. The summed E-state index contributed by atoms with van der Waals surface area (Å²) in [7, 11) is 0. The number of nitrogens with one attached hydrogen (secondary N) is 1. The molecule has 0 aliphatic carbocycles. The van der Waals surface area contributed by atoms with E-state index >= 15 is 0 Å². The van der Waals surface area contributed by atoms with Gasteiger partial charge < -0.3 is 10.4 Å². The van der Waals surface area contributed by atoms with Crippen molar-refractivity contribution < 1.29 is 14.7 Å². The molecule has 20 heavy (non-hydrogen) atoms. The van der Waals surface area contributed by atoms with E-state index in [1.807, 2.05) is 37.4 Å². The van der Waals surface area contributed by atoms with Crippen molar-refractivity contribution in [3.63, 3.8) is 0 Å². The summed E-state index contributed by atoms with van der Waals surface area (Å²) in [6.07, 6.45) is 2.75. The number of amides is 1. The molecule has 1 rings (SSSR count). The number of hydrogen-bond acceptors (Lipinski definition) is 3. The molecule has 1 aromatic rings. The maximum Gasteiger partial charge on any atom is 0.303 e. The number of benzene rings is 1. The van der Waals surface area contributed by atoms with Crippen LogP contribution in [0.1, 0.15) is 35.7 Å². The highest BCUT2D eigenvalue weighted by Gasteiger charge is 2.09. The quantitative estimate of drug-likeness (QED) is 0.774. The Morgan fingerprint density at radius 1 is 1.30 bits per heavy atom. The van der Waals surface area contributed by atoms with Crippen molar-refractivity contribution in [1.82, 2.24) is 5.32 Å². The third-order valence-corrected chi connectivity index (χ3v) is 3.61. The lowest BCUT2D eigenvalue weighted by molar-refractivity contribution is -0.137. The van der Waals surface area contributed by atoms with E-state index in [2.05, 4.69) is 5.32 Å². The zero-order valence-electron chi connectivity index (χ0n) is 11.9. The standard InChI is InChI=1S/C15H21NO3S/c1-11(3-8-14(17)18)9-16-15(19)13-6-4-12(5-7-13)10-20-2/h4-7,11H,3,8-10H2,1-2H3,(H,16,19)(H,17,18). The normalized spacial score (nSPS) is 11.9. The van der Waals surface area contributed by atoms with Crippen LogP contribution < -0.4 is 5.32 Å². The highest BCUT2D eigenvalue weighted by molar-refractivity contribution is 7.97. The van der Waals surface area contributed by atoms with E-state index in [0.717, 1.165) is 5.75 Å². The van der Waals surface area contributed by atoms with Crippen molar-refractivity contribution in [2.24, 2.45) is 5.92 Å². The maximum atomic E-state index is 11.9. The lowest BCUT2D eigenvalue weighted by Gasteiger charge is -2.11. The largest absolute Gasteiger partial charge is 0.481 e. The fraction of sp³-hybridized carbons (Fsp3) is 0.467. The topological polar surface area (TPSA) is 66.4 Å². The summed E-state index contributed by atoms with van der Waals surface area (Å²) in [4.78, 5) is 22.4. The summed E-state index contributed by atoms with van der Waals surface area (Å²) in [6.45, 7) is 2.43. The minimum Gasteiger partial charge on any atom is -0.481 e. The SMILES string of the molecule is CSCc1ccc(C(=O)NCC(C)CCC(=O)O)cc1. The Hall–Kier alpha value is -1.49. The van der Waals surface area contributed by atoms with Gasteiger partial charge in [0, 0.05) is 24.3 Å². The van der Waals surface area contributed by atoms with E-state index in [-0.39, 0.29) is 18.2 Å². The monoisotopic (exact) mass is 295 g/mol. The summed E-state index contributed by atoms with van der Waals surface area (Å²) >= 11 is 1.74. The minimum atomic E-state index is -0.799. The minimum absolute atomic E-state index is 0.108. The molecule has 5 heteroatoms. The van der Waals surface area contributed by atoms with E-state index < -0.39 is 5.97 Å². The lowest BCUT2D eigenvalue weighted by atomic mass is 10.1. The van der Waals surface area contributed by atoms with Gasteiger partial charge in [0.1, 0.15) is 0 Å². The summed E-state index contributed by atoms with van der Waals surface area (Å²) in [5.41, 5.74) is 1.84. The number of carboxylic acids is 1. The Labute approximate surface area is 124 Å². The first-order chi connectivity index (χ1) is 9.52. The number of hydrogen-bond donors (Lipinski definition) is 2. The molecule has 0 aliphatic heterocycles. The molecular weight excluding hydrogens is 274 g/mol. The van der Waals surface area contributed by atoms with Crippen LogP contribution in [-0.2, 0) is 10.5 Å². The molecule has 110 valence electrons. The van der Waals surface area contributed by atoms with Crippen LogP contribution in [-0.4, -0.2) is 29.8 Å². The molecule has 0 fully saturated rings. The summed E-state index contributed by atoms with van der Waals surface area (Å²) in [5.74, 6) is 0.190. The number of aliphatic carboxylic acids is 1. The second kappa shape index (κ2) is 8.64. The lowest BCUT2D eigenvalue weighted by Crippen LogP contribution is -2.28. The Bertz CT molecular complexity index is 445. The van der Waals surface area contributed by atoms with Crippen molar-refractivity contribution in [1.29, 1.82) is 0 Å². The number of carbonyl (C=O) groups is 2. The van der Waals surface area contributed by atoms with Crippen LogP contribution in [0.2, 0.25) is 0 Å². The smallest absolute Gasteiger partial charge is 0.303 e. The van der Waals surface area contributed by atoms with Crippen LogP contribution in [0.15, 0.2) is 24.3 Å². The van der Waals surface area contributed by atoms with E-state index in [4.69, 9.17) is 5.11 Å². The molecule has 0 radical (unpaired) electrons. The maximum absolute atomic E-state index is 11.9. The van der Waals surface area contributed by atoms with Gasteiger partial charge in [-0.3, -0.25) is 9.59 Å². The first-order valence-corrected chi connectivity index (χ1v) is 8.00. The van der Waals surface area contributed by atoms with Crippen LogP contribution in [0, 0.1) is 5.92 Å². The van der Waals surface area contributed by atoms with Gasteiger partial charge in [-0.2, -0.15) is 11.8 Å². The fourth-order valence-electron chi connectivity index (χ4n) is 1.76. The molecular formula is C15H21NO3S. The van der Waals surface area contributed by atoms with Gasteiger partial charge in [-0.1, -0.05) is 19.1 Å². The van der Waals surface area contributed by atoms with Crippen molar-refractivity contribution in [2.75, 3.05) is 12.8 Å². The van der Waals surface area contributed by atoms with Crippen molar-refractivity contribution in [2.45, 2.75) is 25.5 Å². The van der Waals surface area contributed by atoms with Gasteiger partial charge in [0.15, 0.2) is 0 Å². The highest BCUT2D eigenvalue weighted by Crippen LogP contribution is 2.11. The number of rotatable bonds is 8. The van der Waals surface area contributed by atoms with Crippen molar-refractivity contribution in [3.8, 4) is 0 Å². The fourth-order valence-corrected chi connectivity index (χ4v) is 2.29. The Kier molecular flexibility index (Phi) is 7.15. The molecule has 0 spiro atoms. The third-order valence-electron chi connectivity index (χ3n) is 2.99. The first-order valence-electron chi connectivity index (χ1n) is 6.60. The van der Waals surface area contributed by atoms with Crippen LogP contribution in [0.25, 0.3) is 0 Å². The Morgan fingerprint density at radius 3 is 2.50 bits per heavy atom. The average Bonchev–Trinajstić information content (AvgIpc) is 2.43. The Balaban J connectivity index is 2.40. The van der Waals surface area contributed by atoms with Gasteiger partial charge >= 0.3 is 5.97 Å². The molecule has 0 bridgehead atoms. The van der Waals surface area contributed by atoms with E-state index in [1.54, 1.807) is 11.8 Å². The predicted molar refractivity (Wildman–Crippen MR) is 82.0 cm³/mol. The first kappa shape index (κ1) is 16.6. The molecule has 0 saturated heterocycles. The molecule has 1 aromatic carbocycles. The van der Waals surface area contributed by atoms with E-state index in [9.17, 15) is 9.59 Å². The molecule has 1 amide bonds. The summed E-state index contributed by atoms with van der Waals surface area (Å²) < 4.78 is 0. The van der Waals surface area contributed by atoms with Gasteiger partial charge in [0.05, 0.1) is 0 Å². The third kappa shape index (κ3) is 6.10. The molecule has 0 aromatic heterocycles. The predicted octanol–water partition coefficient (Wildman–Crippen LogP) is 2.78. The van der Waals surface area contributed by atoms with Crippen molar-refractivity contribution in [3.05, 3.63) is 35.4 Å². The van der Waals surface area contributed by atoms with Gasteiger partial charge in [-0.05, 0) is 36.3 Å². The van der Waals surface area contributed by atoms with Gasteiger partial charge in [0.25, 0.3) is 5.91 Å². The Morgan fingerprint density at radius 2 is 1.95 bits per heavy atom. The summed E-state index contributed by atoms with van der Waals surface area (Å²) in [6, 6.07) is 7.56. The van der Waals surface area contributed by atoms with Crippen LogP contribution >= 0.6 is 11.8 Å². The van der Waals surface area contributed by atoms with Gasteiger partial charge in [-0.15, -0.1) is 0 Å². The second-order valence-corrected chi connectivity index (χ2v) is 5.74. The van der Waals surface area contributed by atoms with Gasteiger partial charge in [-0.25, -0.2) is 0 Å². The van der Waals surface area contributed by atoms with Crippen molar-refractivity contribution >= 4 is 23.6 Å². The summed E-state index contributed by atoms with van der Waals surface area (Å²) in [5, 5.41) is 11.4. The number of carbonyl (C=O) groups excluding carboxylic acids is 1. The average molecular weight is 295 g/mol. The van der Waals surface area contributed by atoms with Crippen LogP contribution in [0.3, 0.4) is 0 Å². The molecule has 4 nitrogen and oxygen atoms in total. The molecule has 0 heterocycles. The molecule has 0 saturated carbocycles. The number of carboxylic acid groups (broad SMARTS) is 1. The van der Waals surface area contributed by atoms with E-state index in [1.165, 1.54) is 5.56 Å². The van der Waals surface area contributed by atoms with Crippen LogP contribution in [0.4, 0.5) is 0 Å². The molecule has 1 unspecified atom stereocenters. The van der Waals surface area contributed by atoms with E-state index in [0.29, 0.717) is 18.5 Å². The van der Waals surface area contributed by atoms with Gasteiger partial charge in [0.2, 0.25) is 0 Å².